The molecular formula is C26H16N2O8. The number of ether oxygens (including phenoxy) is 2. The maximum absolute atomic E-state index is 12.6. The quantitative estimate of drug-likeness (QED) is 0.339. The summed E-state index contributed by atoms with van der Waals surface area (Å²) in [6, 6.07) is 12.5. The molecule has 0 bridgehead atoms. The van der Waals surface area contributed by atoms with E-state index >= 15 is 0 Å². The van der Waals surface area contributed by atoms with E-state index in [9.17, 15) is 28.8 Å². The lowest BCUT2D eigenvalue weighted by Gasteiger charge is -2.10. The van der Waals surface area contributed by atoms with E-state index in [-0.39, 0.29) is 44.9 Å². The molecule has 0 saturated heterocycles. The van der Waals surface area contributed by atoms with Crippen LogP contribution in [0.5, 0.6) is 11.5 Å². The number of fused-ring (bicyclic) bond motifs is 2. The third-order valence-corrected chi connectivity index (χ3v) is 5.86. The van der Waals surface area contributed by atoms with Crippen molar-refractivity contribution in [1.29, 1.82) is 0 Å². The summed E-state index contributed by atoms with van der Waals surface area (Å²) in [7, 11) is 1.36. The van der Waals surface area contributed by atoms with Gasteiger partial charge in [-0.2, -0.15) is 0 Å². The maximum Gasteiger partial charge on any atom is 0.343 e. The SMILES string of the molecule is Cc1cc(OC(=O)c2ccc3c(c2)C(=O)N(C)C3=O)ccc1OC(=O)c1ccc2c(c1)C(=O)NC2=O. The molecule has 36 heavy (non-hydrogen) atoms. The van der Waals surface area contributed by atoms with Crippen molar-refractivity contribution in [2.24, 2.45) is 0 Å². The van der Waals surface area contributed by atoms with E-state index in [1.54, 1.807) is 6.92 Å². The highest BCUT2D eigenvalue weighted by atomic mass is 16.5. The van der Waals surface area contributed by atoms with Gasteiger partial charge in [-0.1, -0.05) is 0 Å². The Hall–Kier alpha value is -5.12. The van der Waals surface area contributed by atoms with Crippen LogP contribution >= 0.6 is 0 Å². The number of esters is 2. The minimum Gasteiger partial charge on any atom is -0.423 e. The Balaban J connectivity index is 1.30. The molecule has 4 amide bonds. The van der Waals surface area contributed by atoms with E-state index in [2.05, 4.69) is 5.32 Å². The molecule has 5 rings (SSSR count). The molecule has 0 unspecified atom stereocenters. The monoisotopic (exact) mass is 484 g/mol. The van der Waals surface area contributed by atoms with Crippen molar-refractivity contribution in [3.8, 4) is 11.5 Å². The molecule has 0 fully saturated rings. The summed E-state index contributed by atoms with van der Waals surface area (Å²) in [4.78, 5) is 73.9. The molecule has 0 saturated carbocycles. The molecule has 1 N–H and O–H groups in total. The summed E-state index contributed by atoms with van der Waals surface area (Å²) < 4.78 is 10.8. The molecule has 0 radical (unpaired) electrons. The van der Waals surface area contributed by atoms with E-state index in [4.69, 9.17) is 9.47 Å². The minimum atomic E-state index is -0.736. The van der Waals surface area contributed by atoms with Gasteiger partial charge < -0.3 is 9.47 Å². The number of amides is 4. The third-order valence-electron chi connectivity index (χ3n) is 5.86. The standard InChI is InChI=1S/C26H16N2O8/c1-12-9-15(35-25(33)14-4-7-17-19(11-14)24(32)28(2)23(17)31)5-8-20(12)36-26(34)13-3-6-16-18(10-13)22(30)27-21(16)29/h3-11H,1-2H3,(H,27,29,30). The predicted molar refractivity (Wildman–Crippen MR) is 122 cm³/mol. The Morgan fingerprint density at radius 3 is 1.97 bits per heavy atom. The van der Waals surface area contributed by atoms with Crippen LogP contribution in [0.4, 0.5) is 0 Å². The fourth-order valence-electron chi connectivity index (χ4n) is 3.91. The number of aryl methyl sites for hydroxylation is 1. The second-order valence-corrected chi connectivity index (χ2v) is 8.18. The molecule has 178 valence electrons. The second-order valence-electron chi connectivity index (χ2n) is 8.18. The van der Waals surface area contributed by atoms with E-state index in [1.165, 1.54) is 61.6 Å². The highest BCUT2D eigenvalue weighted by Crippen LogP contribution is 2.27. The first-order valence-electron chi connectivity index (χ1n) is 10.6. The van der Waals surface area contributed by atoms with Crippen molar-refractivity contribution in [1.82, 2.24) is 10.2 Å². The summed E-state index contributed by atoms with van der Waals surface area (Å²) in [5.74, 6) is -3.14. The number of benzene rings is 3. The van der Waals surface area contributed by atoms with Crippen molar-refractivity contribution in [3.63, 3.8) is 0 Å². The van der Waals surface area contributed by atoms with Crippen LogP contribution in [0.3, 0.4) is 0 Å². The highest BCUT2D eigenvalue weighted by Gasteiger charge is 2.33. The smallest absolute Gasteiger partial charge is 0.343 e. The Labute approximate surface area is 203 Å². The van der Waals surface area contributed by atoms with Gasteiger partial charge in [0.15, 0.2) is 0 Å². The van der Waals surface area contributed by atoms with E-state index in [0.29, 0.717) is 5.56 Å². The minimum absolute atomic E-state index is 0.0868. The lowest BCUT2D eigenvalue weighted by atomic mass is 10.1. The van der Waals surface area contributed by atoms with Gasteiger partial charge in [0.2, 0.25) is 0 Å². The van der Waals surface area contributed by atoms with Gasteiger partial charge in [0, 0.05) is 7.05 Å². The van der Waals surface area contributed by atoms with Crippen LogP contribution in [0.25, 0.3) is 0 Å². The normalized spacial score (nSPS) is 13.9. The van der Waals surface area contributed by atoms with Crippen LogP contribution in [0.1, 0.15) is 67.7 Å². The van der Waals surface area contributed by atoms with Gasteiger partial charge in [-0.15, -0.1) is 0 Å². The van der Waals surface area contributed by atoms with Crippen LogP contribution in [-0.4, -0.2) is 47.5 Å². The fraction of sp³-hybridized carbons (Fsp3) is 0.0769. The van der Waals surface area contributed by atoms with Crippen molar-refractivity contribution < 1.29 is 38.2 Å². The van der Waals surface area contributed by atoms with Crippen LogP contribution in [0.2, 0.25) is 0 Å². The molecule has 0 aliphatic carbocycles. The second kappa shape index (κ2) is 8.27. The first-order chi connectivity index (χ1) is 17.1. The zero-order valence-corrected chi connectivity index (χ0v) is 18.9. The average molecular weight is 484 g/mol. The largest absolute Gasteiger partial charge is 0.423 e. The summed E-state index contributed by atoms with van der Waals surface area (Å²) in [5, 5.41) is 2.15. The summed E-state index contributed by atoms with van der Waals surface area (Å²) in [6.07, 6.45) is 0. The zero-order valence-electron chi connectivity index (χ0n) is 18.9. The van der Waals surface area contributed by atoms with Gasteiger partial charge in [-0.25, -0.2) is 9.59 Å². The fourth-order valence-corrected chi connectivity index (χ4v) is 3.91. The Morgan fingerprint density at radius 2 is 1.28 bits per heavy atom. The van der Waals surface area contributed by atoms with Crippen LogP contribution in [0, 0.1) is 6.92 Å². The van der Waals surface area contributed by atoms with E-state index < -0.39 is 35.6 Å². The summed E-state index contributed by atoms with van der Waals surface area (Å²) in [6.45, 7) is 1.64. The summed E-state index contributed by atoms with van der Waals surface area (Å²) >= 11 is 0. The van der Waals surface area contributed by atoms with Crippen molar-refractivity contribution >= 4 is 35.6 Å². The number of hydrogen-bond donors (Lipinski definition) is 1. The maximum atomic E-state index is 12.6. The Morgan fingerprint density at radius 1 is 0.694 bits per heavy atom. The number of nitrogens with one attached hydrogen (secondary N) is 1. The molecule has 0 spiro atoms. The number of carbonyl (C=O) groups excluding carboxylic acids is 6. The zero-order chi connectivity index (χ0) is 25.7. The number of nitrogens with zero attached hydrogens (tertiary/aromatic N) is 1. The molecule has 0 aromatic heterocycles. The topological polar surface area (TPSA) is 136 Å². The van der Waals surface area contributed by atoms with Gasteiger partial charge in [0.25, 0.3) is 23.6 Å². The van der Waals surface area contributed by atoms with E-state index in [0.717, 1.165) is 4.90 Å². The van der Waals surface area contributed by atoms with Crippen LogP contribution in [-0.2, 0) is 0 Å². The van der Waals surface area contributed by atoms with Gasteiger partial charge >= 0.3 is 11.9 Å². The van der Waals surface area contributed by atoms with Crippen molar-refractivity contribution in [2.45, 2.75) is 6.92 Å². The highest BCUT2D eigenvalue weighted by molar-refractivity contribution is 6.22. The lowest BCUT2D eigenvalue weighted by molar-refractivity contribution is 0.0688. The van der Waals surface area contributed by atoms with Crippen molar-refractivity contribution in [3.05, 3.63) is 93.5 Å². The third kappa shape index (κ3) is 3.70. The summed E-state index contributed by atoms with van der Waals surface area (Å²) in [5.41, 5.74) is 1.30. The molecule has 2 aliphatic heterocycles. The molecule has 3 aromatic carbocycles. The first kappa shape index (κ1) is 22.7. The van der Waals surface area contributed by atoms with Crippen molar-refractivity contribution in [2.75, 3.05) is 7.05 Å². The van der Waals surface area contributed by atoms with Crippen LogP contribution < -0.4 is 14.8 Å². The predicted octanol–water partition coefficient (Wildman–Crippen LogP) is 2.54. The number of carbonyl (C=O) groups is 6. The first-order valence-corrected chi connectivity index (χ1v) is 10.6. The molecule has 3 aromatic rings. The molecule has 10 nitrogen and oxygen atoms in total. The number of rotatable bonds is 4. The Kier molecular flexibility index (Phi) is 5.21. The molecule has 0 atom stereocenters. The van der Waals surface area contributed by atoms with Gasteiger partial charge in [-0.3, -0.25) is 29.4 Å². The number of hydrogen-bond acceptors (Lipinski definition) is 8. The van der Waals surface area contributed by atoms with Gasteiger partial charge in [0.05, 0.1) is 33.4 Å². The molecule has 2 aliphatic rings. The molecular weight excluding hydrogens is 468 g/mol. The number of imide groups is 2. The van der Waals surface area contributed by atoms with Crippen LogP contribution in [0.15, 0.2) is 54.6 Å². The Bertz CT molecular complexity index is 1560. The van der Waals surface area contributed by atoms with Gasteiger partial charge in [-0.05, 0) is 67.1 Å². The van der Waals surface area contributed by atoms with E-state index in [1.807, 2.05) is 0 Å². The average Bonchev–Trinajstić information content (AvgIpc) is 3.27. The molecule has 2 heterocycles. The van der Waals surface area contributed by atoms with Gasteiger partial charge in [0.1, 0.15) is 11.5 Å². The lowest BCUT2D eigenvalue weighted by Crippen LogP contribution is -2.24. The molecule has 10 heteroatoms.